The molecule has 2 heterocycles. The fourth-order valence-electron chi connectivity index (χ4n) is 2.46. The van der Waals surface area contributed by atoms with E-state index in [1.807, 2.05) is 23.7 Å². The summed E-state index contributed by atoms with van der Waals surface area (Å²) in [5, 5.41) is 6.13. The van der Waals surface area contributed by atoms with Gasteiger partial charge in [-0.3, -0.25) is 9.78 Å². The lowest BCUT2D eigenvalue weighted by molar-refractivity contribution is -0.121. The first-order valence-corrected chi connectivity index (χ1v) is 9.44. The lowest BCUT2D eigenvalue weighted by Crippen LogP contribution is -2.23. The molecule has 3 aromatic rings. The third kappa shape index (κ3) is 4.82. The van der Waals surface area contributed by atoms with Crippen LogP contribution >= 0.6 is 34.5 Å². The molecular formula is C19H16Cl2N2OS. The molecule has 1 N–H and O–H groups in total. The minimum atomic E-state index is -0.0440. The maximum Gasteiger partial charge on any atom is 0.220 e. The molecule has 0 spiro atoms. The highest BCUT2D eigenvalue weighted by Gasteiger charge is 2.09. The number of amides is 1. The van der Waals surface area contributed by atoms with Gasteiger partial charge in [-0.25, -0.2) is 0 Å². The van der Waals surface area contributed by atoms with Crippen molar-refractivity contribution in [1.82, 2.24) is 10.3 Å². The highest BCUT2D eigenvalue weighted by Crippen LogP contribution is 2.26. The Balaban J connectivity index is 1.55. The zero-order valence-corrected chi connectivity index (χ0v) is 15.7. The summed E-state index contributed by atoms with van der Waals surface area (Å²) in [5.41, 5.74) is 2.84. The number of pyridine rings is 1. The van der Waals surface area contributed by atoms with Crippen LogP contribution in [0.2, 0.25) is 10.0 Å². The molecule has 0 radical (unpaired) electrons. The van der Waals surface area contributed by atoms with Crippen molar-refractivity contribution in [2.24, 2.45) is 0 Å². The zero-order chi connectivity index (χ0) is 17.6. The third-order valence-corrected chi connectivity index (χ3v) is 5.38. The lowest BCUT2D eigenvalue weighted by Gasteiger charge is -2.08. The van der Waals surface area contributed by atoms with Gasteiger partial charge in [-0.15, -0.1) is 11.3 Å². The van der Waals surface area contributed by atoms with E-state index in [9.17, 15) is 4.79 Å². The van der Waals surface area contributed by atoms with Crippen molar-refractivity contribution in [3.63, 3.8) is 0 Å². The van der Waals surface area contributed by atoms with Crippen LogP contribution in [0.1, 0.15) is 17.5 Å². The van der Waals surface area contributed by atoms with Crippen LogP contribution in [0.15, 0.2) is 54.2 Å². The van der Waals surface area contributed by atoms with E-state index in [-0.39, 0.29) is 5.91 Å². The van der Waals surface area contributed by atoms with Crippen LogP contribution in [-0.2, 0) is 17.8 Å². The van der Waals surface area contributed by atoms with Gasteiger partial charge in [0.2, 0.25) is 5.91 Å². The first-order valence-electron chi connectivity index (χ1n) is 7.81. The number of rotatable bonds is 6. The topological polar surface area (TPSA) is 42.0 Å². The van der Waals surface area contributed by atoms with E-state index in [2.05, 4.69) is 16.4 Å². The molecule has 1 aromatic carbocycles. The molecule has 0 aliphatic carbocycles. The van der Waals surface area contributed by atoms with Crippen molar-refractivity contribution < 1.29 is 4.79 Å². The first-order chi connectivity index (χ1) is 12.1. The van der Waals surface area contributed by atoms with Crippen molar-refractivity contribution in [1.29, 1.82) is 0 Å². The monoisotopic (exact) mass is 390 g/mol. The Morgan fingerprint density at radius 2 is 1.92 bits per heavy atom. The van der Waals surface area contributed by atoms with Crippen LogP contribution in [0.4, 0.5) is 0 Å². The first kappa shape index (κ1) is 17.9. The summed E-state index contributed by atoms with van der Waals surface area (Å²) in [6.45, 7) is 0.446. The molecule has 2 aromatic heterocycles. The molecule has 25 heavy (non-hydrogen) atoms. The molecule has 0 fully saturated rings. The maximum atomic E-state index is 12.1. The van der Waals surface area contributed by atoms with Crippen molar-refractivity contribution in [2.75, 3.05) is 0 Å². The molecule has 0 unspecified atom stereocenters. The van der Waals surface area contributed by atoms with Crippen LogP contribution in [0, 0.1) is 0 Å². The highest BCUT2D eigenvalue weighted by molar-refractivity contribution is 7.13. The number of halogens is 2. The van der Waals surface area contributed by atoms with E-state index in [4.69, 9.17) is 23.2 Å². The van der Waals surface area contributed by atoms with Gasteiger partial charge in [-0.2, -0.15) is 0 Å². The molecule has 128 valence electrons. The second kappa shape index (κ2) is 8.48. The smallest absolute Gasteiger partial charge is 0.220 e. The molecule has 6 heteroatoms. The van der Waals surface area contributed by atoms with Gasteiger partial charge >= 0.3 is 0 Å². The Labute approximate surface area is 160 Å². The average molecular weight is 391 g/mol. The molecule has 3 nitrogen and oxygen atoms in total. The number of carbonyl (C=O) groups is 1. The van der Waals surface area contributed by atoms with Crippen molar-refractivity contribution in [3.05, 3.63) is 75.3 Å². The number of hydrogen-bond acceptors (Lipinski definition) is 3. The van der Waals surface area contributed by atoms with E-state index in [0.717, 1.165) is 21.6 Å². The summed E-state index contributed by atoms with van der Waals surface area (Å²) in [7, 11) is 0. The molecule has 1 amide bonds. The van der Waals surface area contributed by atoms with E-state index in [1.165, 1.54) is 0 Å². The Morgan fingerprint density at radius 1 is 1.12 bits per heavy atom. The van der Waals surface area contributed by atoms with E-state index in [0.29, 0.717) is 29.4 Å². The fourth-order valence-corrected chi connectivity index (χ4v) is 3.76. The predicted molar refractivity (Wildman–Crippen MR) is 104 cm³/mol. The molecular weight excluding hydrogens is 375 g/mol. The number of nitrogens with one attached hydrogen (secondary N) is 1. The summed E-state index contributed by atoms with van der Waals surface area (Å²) in [6, 6.07) is 11.5. The van der Waals surface area contributed by atoms with Gasteiger partial charge in [-0.05, 0) is 47.2 Å². The van der Waals surface area contributed by atoms with Crippen LogP contribution < -0.4 is 5.32 Å². The Morgan fingerprint density at radius 3 is 2.64 bits per heavy atom. The highest BCUT2D eigenvalue weighted by atomic mass is 35.5. The van der Waals surface area contributed by atoms with Crippen molar-refractivity contribution in [2.45, 2.75) is 19.4 Å². The molecule has 0 saturated carbocycles. The number of benzene rings is 1. The number of aromatic nitrogens is 1. The average Bonchev–Trinajstić information content (AvgIpc) is 3.14. The summed E-state index contributed by atoms with van der Waals surface area (Å²) < 4.78 is 0. The Kier molecular flexibility index (Phi) is 6.08. The number of hydrogen-bond donors (Lipinski definition) is 1. The normalized spacial score (nSPS) is 10.6. The van der Waals surface area contributed by atoms with E-state index in [1.54, 1.807) is 35.7 Å². The number of thiophene rings is 1. The second-order valence-electron chi connectivity index (χ2n) is 5.54. The lowest BCUT2D eigenvalue weighted by atomic mass is 10.1. The predicted octanol–water partition coefficient (Wildman–Crippen LogP) is 5.37. The van der Waals surface area contributed by atoms with Crippen LogP contribution in [0.5, 0.6) is 0 Å². The molecule has 0 saturated heterocycles. The van der Waals surface area contributed by atoms with Crippen molar-refractivity contribution in [3.8, 4) is 10.4 Å². The third-order valence-electron chi connectivity index (χ3n) is 3.75. The molecule has 0 atom stereocenters. The largest absolute Gasteiger partial charge is 0.352 e. The maximum absolute atomic E-state index is 12.1. The summed E-state index contributed by atoms with van der Waals surface area (Å²) in [4.78, 5) is 17.5. The van der Waals surface area contributed by atoms with E-state index < -0.39 is 0 Å². The Bertz CT molecular complexity index is 845. The molecule has 0 aliphatic rings. The van der Waals surface area contributed by atoms with Gasteiger partial charge in [0.1, 0.15) is 0 Å². The van der Waals surface area contributed by atoms with Crippen molar-refractivity contribution >= 4 is 40.4 Å². The minimum absolute atomic E-state index is 0.0440. The fraction of sp³-hybridized carbons (Fsp3) is 0.158. The van der Waals surface area contributed by atoms with Crippen LogP contribution in [-0.4, -0.2) is 10.9 Å². The van der Waals surface area contributed by atoms with Gasteiger partial charge in [-0.1, -0.05) is 35.3 Å². The SMILES string of the molecule is O=C(CCc1c(Cl)cccc1Cl)NCc1cncc(-c2cccs2)c1. The van der Waals surface area contributed by atoms with Gasteiger partial charge < -0.3 is 5.32 Å². The van der Waals surface area contributed by atoms with Gasteiger partial charge in [0.05, 0.1) is 0 Å². The minimum Gasteiger partial charge on any atom is -0.352 e. The van der Waals surface area contributed by atoms with Gasteiger partial charge in [0.25, 0.3) is 0 Å². The van der Waals surface area contributed by atoms with Crippen LogP contribution in [0.25, 0.3) is 10.4 Å². The van der Waals surface area contributed by atoms with Gasteiger partial charge in [0.15, 0.2) is 0 Å². The molecule has 0 bridgehead atoms. The van der Waals surface area contributed by atoms with E-state index >= 15 is 0 Å². The van der Waals surface area contributed by atoms with Gasteiger partial charge in [0, 0.05) is 45.8 Å². The standard InChI is InChI=1S/C19H16Cl2N2OS/c20-16-3-1-4-17(21)15(16)6-7-19(24)23-11-13-9-14(12-22-10-13)18-5-2-8-25-18/h1-5,8-10,12H,6-7,11H2,(H,23,24). The Hall–Kier alpha value is -1.88. The molecule has 3 rings (SSSR count). The second-order valence-corrected chi connectivity index (χ2v) is 7.30. The molecule has 0 aliphatic heterocycles. The number of carbonyl (C=O) groups excluding carboxylic acids is 1. The quantitative estimate of drug-likeness (QED) is 0.614. The summed E-state index contributed by atoms with van der Waals surface area (Å²) in [6.07, 6.45) is 4.44. The zero-order valence-electron chi connectivity index (χ0n) is 13.3. The number of nitrogens with zero attached hydrogens (tertiary/aromatic N) is 1. The summed E-state index contributed by atoms with van der Waals surface area (Å²) in [5.74, 6) is -0.0440. The van der Waals surface area contributed by atoms with Crippen LogP contribution in [0.3, 0.4) is 0 Å². The summed E-state index contributed by atoms with van der Waals surface area (Å²) >= 11 is 13.9.